The van der Waals surface area contributed by atoms with Gasteiger partial charge in [0, 0.05) is 35.3 Å². The van der Waals surface area contributed by atoms with Gasteiger partial charge in [0.1, 0.15) is 5.82 Å². The Morgan fingerprint density at radius 3 is 2.31 bits per heavy atom. The van der Waals surface area contributed by atoms with E-state index in [1.807, 2.05) is 0 Å². The van der Waals surface area contributed by atoms with E-state index in [1.165, 1.54) is 24.7 Å². The van der Waals surface area contributed by atoms with Crippen molar-refractivity contribution < 1.29 is 22.7 Å². The average molecular weight is 416 g/mol. The van der Waals surface area contributed by atoms with Crippen molar-refractivity contribution in [2.75, 3.05) is 5.73 Å². The quantitative estimate of drug-likeness (QED) is 0.619. The monoisotopic (exact) mass is 416 g/mol. The van der Waals surface area contributed by atoms with Gasteiger partial charge >= 0.3 is 0 Å². The Labute approximate surface area is 166 Å². The summed E-state index contributed by atoms with van der Waals surface area (Å²) in [5.74, 6) is -0.398. The maximum Gasteiger partial charge on any atom is 0.290 e. The first-order chi connectivity index (χ1) is 13.9. The molecular weight excluding hydrogens is 399 g/mol. The van der Waals surface area contributed by atoms with Crippen LogP contribution in [0.3, 0.4) is 0 Å². The Bertz CT molecular complexity index is 1130. The second-order valence-electron chi connectivity index (χ2n) is 6.23. The summed E-state index contributed by atoms with van der Waals surface area (Å²) >= 11 is 0. The smallest absolute Gasteiger partial charge is 0.290 e. The van der Waals surface area contributed by atoms with E-state index in [4.69, 9.17) is 15.6 Å². The van der Waals surface area contributed by atoms with Crippen molar-refractivity contribution in [3.8, 4) is 22.3 Å². The number of halogens is 1. The number of carboxylic acid groups (broad SMARTS) is 1. The van der Waals surface area contributed by atoms with Crippen LogP contribution in [0.2, 0.25) is 0 Å². The summed E-state index contributed by atoms with van der Waals surface area (Å²) in [5, 5.41) is 6.51. The highest BCUT2D eigenvalue weighted by molar-refractivity contribution is 7.92. The summed E-state index contributed by atoms with van der Waals surface area (Å²) in [7, 11) is -3.49. The van der Waals surface area contributed by atoms with Crippen LogP contribution in [0.5, 0.6) is 0 Å². The predicted molar refractivity (Wildman–Crippen MR) is 104 cm³/mol. The summed E-state index contributed by atoms with van der Waals surface area (Å²) in [6.07, 6.45) is 5.60. The van der Waals surface area contributed by atoms with Gasteiger partial charge < -0.3 is 10.8 Å². The number of sulfone groups is 1. The third-order valence-electron chi connectivity index (χ3n) is 4.27. The predicted octanol–water partition coefficient (Wildman–Crippen LogP) is 2.56. The average Bonchev–Trinajstić information content (AvgIpc) is 3.55. The van der Waals surface area contributed by atoms with E-state index in [0.29, 0.717) is 35.1 Å². The van der Waals surface area contributed by atoms with Crippen molar-refractivity contribution in [3.63, 3.8) is 0 Å². The van der Waals surface area contributed by atoms with Crippen LogP contribution in [-0.4, -0.2) is 40.2 Å². The van der Waals surface area contributed by atoms with Crippen molar-refractivity contribution in [3.05, 3.63) is 54.7 Å². The highest BCUT2D eigenvalue weighted by atomic mass is 32.2. The summed E-state index contributed by atoms with van der Waals surface area (Å²) in [4.78, 5) is 20.1. The molecule has 1 aliphatic carbocycles. The zero-order valence-electron chi connectivity index (χ0n) is 15.1. The molecule has 8 nitrogen and oxygen atoms in total. The molecule has 4 rings (SSSR count). The molecule has 2 aromatic heterocycles. The summed E-state index contributed by atoms with van der Waals surface area (Å²) in [6, 6.07) is 7.82. The van der Waals surface area contributed by atoms with Crippen LogP contribution in [0.4, 0.5) is 10.3 Å². The number of nitrogens with two attached hydrogens (primary N) is 1. The van der Waals surface area contributed by atoms with E-state index >= 15 is 0 Å². The molecule has 0 bridgehead atoms. The molecule has 0 spiro atoms. The molecule has 1 saturated carbocycles. The fourth-order valence-electron chi connectivity index (χ4n) is 2.77. The number of anilines is 1. The molecule has 0 unspecified atom stereocenters. The van der Waals surface area contributed by atoms with Gasteiger partial charge in [0.15, 0.2) is 14.9 Å². The Morgan fingerprint density at radius 2 is 1.72 bits per heavy atom. The number of aromatic nitrogens is 3. The van der Waals surface area contributed by atoms with Crippen LogP contribution in [-0.2, 0) is 14.6 Å². The lowest BCUT2D eigenvalue weighted by molar-refractivity contribution is -0.122. The zero-order chi connectivity index (χ0) is 21.0. The number of rotatable bonds is 4. The van der Waals surface area contributed by atoms with Gasteiger partial charge in [-0.3, -0.25) is 4.79 Å². The minimum Gasteiger partial charge on any atom is -0.483 e. The highest BCUT2D eigenvalue weighted by Crippen LogP contribution is 2.37. The Hall–Kier alpha value is -3.40. The summed E-state index contributed by atoms with van der Waals surface area (Å²) in [5.41, 5.74) is 7.10. The van der Waals surface area contributed by atoms with E-state index in [2.05, 4.69) is 15.0 Å². The Morgan fingerprint density at radius 1 is 1.07 bits per heavy atom. The molecule has 1 aliphatic rings. The van der Waals surface area contributed by atoms with Crippen LogP contribution in [0, 0.1) is 5.82 Å². The van der Waals surface area contributed by atoms with Gasteiger partial charge in [-0.05, 0) is 36.6 Å². The number of hydrogen-bond donors (Lipinski definition) is 2. The van der Waals surface area contributed by atoms with Crippen molar-refractivity contribution >= 4 is 22.3 Å². The second kappa shape index (κ2) is 8.31. The van der Waals surface area contributed by atoms with Crippen molar-refractivity contribution in [2.45, 2.75) is 23.1 Å². The van der Waals surface area contributed by atoms with E-state index in [0.717, 1.165) is 0 Å². The van der Waals surface area contributed by atoms with Gasteiger partial charge in [-0.15, -0.1) is 0 Å². The molecule has 0 aliphatic heterocycles. The highest BCUT2D eigenvalue weighted by Gasteiger charge is 2.39. The first-order valence-corrected chi connectivity index (χ1v) is 10.1. The SMILES string of the molecule is Nc1ncc(-c2ccc(-c3cccnc3S(=O)(=O)C3CC3)cc2F)cn1.O=CO. The van der Waals surface area contributed by atoms with Crippen molar-refractivity contribution in [2.24, 2.45) is 0 Å². The van der Waals surface area contributed by atoms with E-state index in [1.54, 1.807) is 24.3 Å². The topological polar surface area (TPSA) is 136 Å². The van der Waals surface area contributed by atoms with Crippen molar-refractivity contribution in [1.82, 2.24) is 15.0 Å². The molecule has 3 aromatic rings. The van der Waals surface area contributed by atoms with Gasteiger partial charge in [-0.25, -0.2) is 27.8 Å². The fourth-order valence-corrected chi connectivity index (χ4v) is 4.54. The van der Waals surface area contributed by atoms with Gasteiger partial charge in [0.25, 0.3) is 6.47 Å². The first kappa shape index (κ1) is 20.3. The number of pyridine rings is 1. The fraction of sp³-hybridized carbons (Fsp3) is 0.158. The van der Waals surface area contributed by atoms with E-state index in [-0.39, 0.29) is 22.7 Å². The molecule has 1 aromatic carbocycles. The molecule has 0 atom stereocenters. The molecule has 3 N–H and O–H groups in total. The Kier molecular flexibility index (Phi) is 5.83. The second-order valence-corrected chi connectivity index (χ2v) is 8.37. The Balaban J connectivity index is 0.000000755. The van der Waals surface area contributed by atoms with Gasteiger partial charge in [0.2, 0.25) is 5.95 Å². The lowest BCUT2D eigenvalue weighted by atomic mass is 10.0. The maximum absolute atomic E-state index is 14.7. The normalized spacial score (nSPS) is 13.3. The molecule has 0 saturated heterocycles. The number of nitrogens with zero attached hydrogens (tertiary/aromatic N) is 3. The van der Waals surface area contributed by atoms with E-state index in [9.17, 15) is 12.8 Å². The van der Waals surface area contributed by atoms with Gasteiger partial charge in [-0.1, -0.05) is 12.1 Å². The lowest BCUT2D eigenvalue weighted by Crippen LogP contribution is -2.10. The number of nitrogen functional groups attached to an aromatic ring is 1. The minimum atomic E-state index is -3.49. The lowest BCUT2D eigenvalue weighted by Gasteiger charge is -2.10. The van der Waals surface area contributed by atoms with Crippen LogP contribution in [0.15, 0.2) is 53.9 Å². The zero-order valence-corrected chi connectivity index (χ0v) is 15.9. The third kappa shape index (κ3) is 4.37. The van der Waals surface area contributed by atoms with E-state index < -0.39 is 15.7 Å². The standard InChI is InChI=1S/C18H15FN4O2S.CH2O2/c19-16-8-11(3-6-14(16)12-9-22-18(20)23-10-12)15-2-1-7-21-17(15)26(24,25)13-4-5-13;2-1-3/h1-3,6-10,13H,4-5H2,(H2,20,22,23);1H,(H,2,3). The van der Waals surface area contributed by atoms with Crippen LogP contribution < -0.4 is 5.73 Å². The number of hydrogen-bond acceptors (Lipinski definition) is 7. The molecule has 0 amide bonds. The van der Waals surface area contributed by atoms with Gasteiger partial charge in [0.05, 0.1) is 5.25 Å². The van der Waals surface area contributed by atoms with Crippen molar-refractivity contribution in [1.29, 1.82) is 0 Å². The molecule has 2 heterocycles. The number of benzene rings is 1. The first-order valence-electron chi connectivity index (χ1n) is 8.53. The molecule has 1 fully saturated rings. The molecule has 29 heavy (non-hydrogen) atoms. The molecular formula is C19H17FN4O4S. The largest absolute Gasteiger partial charge is 0.483 e. The summed E-state index contributed by atoms with van der Waals surface area (Å²) in [6.45, 7) is -0.250. The molecule has 0 radical (unpaired) electrons. The minimum absolute atomic E-state index is 0.00506. The van der Waals surface area contributed by atoms with Crippen LogP contribution >= 0.6 is 0 Å². The van der Waals surface area contributed by atoms with Crippen LogP contribution in [0.1, 0.15) is 12.8 Å². The number of carbonyl (C=O) groups is 1. The molecule has 10 heteroatoms. The van der Waals surface area contributed by atoms with Crippen LogP contribution in [0.25, 0.3) is 22.3 Å². The maximum atomic E-state index is 14.7. The molecule has 150 valence electrons. The summed E-state index contributed by atoms with van der Waals surface area (Å²) < 4.78 is 39.9. The third-order valence-corrected chi connectivity index (χ3v) is 6.48. The van der Waals surface area contributed by atoms with Gasteiger partial charge in [-0.2, -0.15) is 0 Å².